The zero-order valence-electron chi connectivity index (χ0n) is 10.1. The summed E-state index contributed by atoms with van der Waals surface area (Å²) in [5.74, 6) is 0.675. The van der Waals surface area contributed by atoms with Crippen molar-refractivity contribution in [2.24, 2.45) is 7.05 Å². The molecule has 0 aliphatic heterocycles. The molecule has 0 fully saturated rings. The van der Waals surface area contributed by atoms with E-state index in [0.717, 1.165) is 23.8 Å². The van der Waals surface area contributed by atoms with E-state index in [9.17, 15) is 0 Å². The Kier molecular flexibility index (Phi) is 3.70. The Hall–Kier alpha value is -1.47. The lowest BCUT2D eigenvalue weighted by molar-refractivity contribution is 0.424. The number of aryl methyl sites for hydroxylation is 2. The molecule has 7 heteroatoms. The van der Waals surface area contributed by atoms with E-state index in [1.807, 2.05) is 20.0 Å². The average Bonchev–Trinajstić information content (AvgIpc) is 2.84. The molecule has 17 heavy (non-hydrogen) atoms. The third-order valence-electron chi connectivity index (χ3n) is 2.13. The van der Waals surface area contributed by atoms with Crippen molar-refractivity contribution >= 4 is 11.3 Å². The lowest BCUT2D eigenvalue weighted by atomic mass is 10.5. The number of hydrogen-bond donors (Lipinski definition) is 1. The summed E-state index contributed by atoms with van der Waals surface area (Å²) >= 11 is 1.44. The van der Waals surface area contributed by atoms with Crippen LogP contribution < -0.4 is 10.1 Å². The maximum absolute atomic E-state index is 5.61. The normalized spacial score (nSPS) is 10.8. The van der Waals surface area contributed by atoms with Gasteiger partial charge in [-0.05, 0) is 13.5 Å². The predicted octanol–water partition coefficient (Wildman–Crippen LogP) is 1.48. The first-order valence-corrected chi connectivity index (χ1v) is 6.22. The zero-order valence-corrected chi connectivity index (χ0v) is 10.9. The van der Waals surface area contributed by atoms with Crippen LogP contribution in [0, 0.1) is 6.92 Å². The van der Waals surface area contributed by atoms with E-state index in [0.29, 0.717) is 11.1 Å². The highest BCUT2D eigenvalue weighted by molar-refractivity contribution is 7.13. The van der Waals surface area contributed by atoms with Crippen LogP contribution in [0.1, 0.15) is 17.6 Å². The molecule has 0 bridgehead atoms. The highest BCUT2D eigenvalue weighted by Gasteiger charge is 2.09. The van der Waals surface area contributed by atoms with E-state index in [2.05, 4.69) is 27.5 Å². The summed E-state index contributed by atoms with van der Waals surface area (Å²) in [7, 11) is 1.84. The second kappa shape index (κ2) is 5.24. The molecule has 2 rings (SSSR count). The lowest BCUT2D eigenvalue weighted by Crippen LogP contribution is -2.11. The molecule has 0 saturated carbocycles. The van der Waals surface area contributed by atoms with Crippen LogP contribution in [0.2, 0.25) is 0 Å². The van der Waals surface area contributed by atoms with Crippen LogP contribution in [0.25, 0.3) is 0 Å². The first kappa shape index (κ1) is 12.0. The molecule has 0 aliphatic rings. The number of aromatic nitrogens is 4. The van der Waals surface area contributed by atoms with Crippen molar-refractivity contribution in [3.8, 4) is 11.1 Å². The molecule has 0 spiro atoms. The summed E-state index contributed by atoms with van der Waals surface area (Å²) in [5, 5.41) is 16.9. The molecule has 0 aromatic carbocycles. The van der Waals surface area contributed by atoms with Crippen LogP contribution in [0.5, 0.6) is 11.1 Å². The summed E-state index contributed by atoms with van der Waals surface area (Å²) in [6.07, 6.45) is 0. The molecular formula is C10H15N5OS. The largest absolute Gasteiger partial charge is 0.411 e. The number of nitrogens with one attached hydrogen (secondary N) is 1. The van der Waals surface area contributed by atoms with Crippen LogP contribution in [-0.4, -0.2) is 26.5 Å². The average molecular weight is 253 g/mol. The summed E-state index contributed by atoms with van der Waals surface area (Å²) < 4.78 is 7.29. The quantitative estimate of drug-likeness (QED) is 0.874. The van der Waals surface area contributed by atoms with Gasteiger partial charge in [-0.25, -0.2) is 4.68 Å². The fourth-order valence-electron chi connectivity index (χ4n) is 1.35. The van der Waals surface area contributed by atoms with Crippen molar-refractivity contribution in [2.75, 3.05) is 6.54 Å². The van der Waals surface area contributed by atoms with E-state index < -0.39 is 0 Å². The van der Waals surface area contributed by atoms with Gasteiger partial charge in [0.15, 0.2) is 0 Å². The molecule has 0 saturated heterocycles. The Balaban J connectivity index is 2.03. The fraction of sp³-hybridized carbons (Fsp3) is 0.500. The smallest absolute Gasteiger partial charge is 0.300 e. The maximum Gasteiger partial charge on any atom is 0.300 e. The maximum atomic E-state index is 5.61. The number of rotatable bonds is 5. The fourth-order valence-corrected chi connectivity index (χ4v) is 2.02. The second-order valence-electron chi connectivity index (χ2n) is 3.59. The van der Waals surface area contributed by atoms with Gasteiger partial charge in [0.25, 0.3) is 0 Å². The molecule has 2 aromatic heterocycles. The van der Waals surface area contributed by atoms with Crippen molar-refractivity contribution in [3.05, 3.63) is 16.8 Å². The molecule has 0 unspecified atom stereocenters. The van der Waals surface area contributed by atoms with Gasteiger partial charge in [-0.1, -0.05) is 23.4 Å². The van der Waals surface area contributed by atoms with Gasteiger partial charge in [0.05, 0.1) is 5.69 Å². The molecule has 0 aliphatic carbocycles. The lowest BCUT2D eigenvalue weighted by Gasteiger charge is -1.99. The van der Waals surface area contributed by atoms with E-state index in [4.69, 9.17) is 4.74 Å². The number of nitrogens with zero attached hydrogens (tertiary/aromatic N) is 4. The van der Waals surface area contributed by atoms with Crippen LogP contribution in [0.3, 0.4) is 0 Å². The molecule has 0 amide bonds. The van der Waals surface area contributed by atoms with Gasteiger partial charge in [-0.2, -0.15) is 5.10 Å². The topological polar surface area (TPSA) is 64.9 Å². The molecule has 6 nitrogen and oxygen atoms in total. The van der Waals surface area contributed by atoms with Crippen molar-refractivity contribution < 1.29 is 4.74 Å². The monoisotopic (exact) mass is 253 g/mol. The van der Waals surface area contributed by atoms with Gasteiger partial charge in [0, 0.05) is 19.7 Å². The summed E-state index contributed by atoms with van der Waals surface area (Å²) in [4.78, 5) is 0. The van der Waals surface area contributed by atoms with E-state index in [-0.39, 0.29) is 0 Å². The van der Waals surface area contributed by atoms with Crippen LogP contribution >= 0.6 is 11.3 Å². The predicted molar refractivity (Wildman–Crippen MR) is 65.3 cm³/mol. The first-order valence-electron chi connectivity index (χ1n) is 5.40. The minimum atomic E-state index is 0.543. The highest BCUT2D eigenvalue weighted by atomic mass is 32.1. The van der Waals surface area contributed by atoms with Crippen LogP contribution in [0.4, 0.5) is 0 Å². The minimum Gasteiger partial charge on any atom is -0.411 e. The first-order chi connectivity index (χ1) is 8.19. The summed E-state index contributed by atoms with van der Waals surface area (Å²) in [6, 6.07) is 1.87. The molecular weight excluding hydrogens is 238 g/mol. The zero-order chi connectivity index (χ0) is 12.3. The van der Waals surface area contributed by atoms with E-state index in [1.54, 1.807) is 4.68 Å². The molecule has 1 N–H and O–H groups in total. The Labute approximate surface area is 104 Å². The van der Waals surface area contributed by atoms with Gasteiger partial charge in [0.1, 0.15) is 5.01 Å². The summed E-state index contributed by atoms with van der Waals surface area (Å²) in [6.45, 7) is 5.61. The van der Waals surface area contributed by atoms with Gasteiger partial charge in [-0.15, -0.1) is 5.10 Å². The van der Waals surface area contributed by atoms with E-state index >= 15 is 0 Å². The van der Waals surface area contributed by atoms with Gasteiger partial charge in [0.2, 0.25) is 5.88 Å². The van der Waals surface area contributed by atoms with Crippen molar-refractivity contribution in [1.82, 2.24) is 25.3 Å². The Bertz CT molecular complexity index is 493. The van der Waals surface area contributed by atoms with Crippen LogP contribution in [-0.2, 0) is 13.6 Å². The van der Waals surface area contributed by atoms with Gasteiger partial charge >= 0.3 is 5.19 Å². The van der Waals surface area contributed by atoms with Gasteiger partial charge < -0.3 is 10.1 Å². The Morgan fingerprint density at radius 2 is 2.29 bits per heavy atom. The molecule has 0 radical (unpaired) electrons. The molecule has 92 valence electrons. The second-order valence-corrected chi connectivity index (χ2v) is 4.62. The van der Waals surface area contributed by atoms with Crippen LogP contribution in [0.15, 0.2) is 6.07 Å². The SMILES string of the molecule is CCNCc1nnc(Oc2cc(C)nn2C)s1. The number of hydrogen-bond acceptors (Lipinski definition) is 6. The molecule has 2 heterocycles. The van der Waals surface area contributed by atoms with E-state index in [1.165, 1.54) is 11.3 Å². The standard InChI is InChI=1S/C10H15N5OS/c1-4-11-6-8-12-13-10(17-8)16-9-5-7(2)14-15(9)3/h5,11H,4,6H2,1-3H3. The highest BCUT2D eigenvalue weighted by Crippen LogP contribution is 2.24. The third-order valence-corrected chi connectivity index (χ3v) is 2.93. The summed E-state index contributed by atoms with van der Waals surface area (Å²) in [5.41, 5.74) is 0.917. The van der Waals surface area contributed by atoms with Crippen molar-refractivity contribution in [3.63, 3.8) is 0 Å². The molecule has 2 aromatic rings. The number of ether oxygens (including phenoxy) is 1. The van der Waals surface area contributed by atoms with Crippen molar-refractivity contribution in [1.29, 1.82) is 0 Å². The van der Waals surface area contributed by atoms with Crippen molar-refractivity contribution in [2.45, 2.75) is 20.4 Å². The molecule has 0 atom stereocenters. The Morgan fingerprint density at radius 1 is 1.47 bits per heavy atom. The minimum absolute atomic E-state index is 0.543. The Morgan fingerprint density at radius 3 is 2.94 bits per heavy atom. The van der Waals surface area contributed by atoms with Gasteiger partial charge in [-0.3, -0.25) is 0 Å². The third kappa shape index (κ3) is 3.01.